The van der Waals surface area contributed by atoms with Gasteiger partial charge >= 0.3 is 0 Å². The van der Waals surface area contributed by atoms with Crippen molar-refractivity contribution in [2.24, 2.45) is 0 Å². The van der Waals surface area contributed by atoms with Gasteiger partial charge in [0.15, 0.2) is 0 Å². The molecule has 1 heteroatoms. The summed E-state index contributed by atoms with van der Waals surface area (Å²) in [7, 11) is 0. The first-order valence-electron chi connectivity index (χ1n) is 4.31. The first-order valence-corrected chi connectivity index (χ1v) is 5.19. The fourth-order valence-corrected chi connectivity index (χ4v) is 1.27. The summed E-state index contributed by atoms with van der Waals surface area (Å²) in [6.45, 7) is 12.2. The second kappa shape index (κ2) is 9.70. The van der Waals surface area contributed by atoms with Gasteiger partial charge in [-0.2, -0.15) is 0 Å². The zero-order valence-electron chi connectivity index (χ0n) is 8.56. The maximum Gasteiger partial charge on any atom is 0.00169 e. The molecule has 1 aromatic rings. The van der Waals surface area contributed by atoms with Crippen molar-refractivity contribution in [3.05, 3.63) is 21.9 Å². The van der Waals surface area contributed by atoms with Crippen molar-refractivity contribution in [1.82, 2.24) is 0 Å². The summed E-state index contributed by atoms with van der Waals surface area (Å²) in [6.07, 6.45) is 0. The Morgan fingerprint density at radius 3 is 1.55 bits per heavy atom. The molecule has 0 bridgehead atoms. The van der Waals surface area contributed by atoms with Gasteiger partial charge < -0.3 is 0 Å². The summed E-state index contributed by atoms with van der Waals surface area (Å²) in [6, 6.07) is 2.19. The molecule has 0 atom stereocenters. The molecular formula is C10H20S. The van der Waals surface area contributed by atoms with Crippen molar-refractivity contribution in [1.29, 1.82) is 0 Å². The van der Waals surface area contributed by atoms with E-state index < -0.39 is 0 Å². The van der Waals surface area contributed by atoms with Crippen molar-refractivity contribution in [2.45, 2.75) is 41.5 Å². The molecule has 0 aliphatic heterocycles. The van der Waals surface area contributed by atoms with Crippen molar-refractivity contribution in [3.8, 4) is 0 Å². The summed E-state index contributed by atoms with van der Waals surface area (Å²) in [4.78, 5) is 1.40. The third-order valence-electron chi connectivity index (χ3n) is 0.862. The summed E-state index contributed by atoms with van der Waals surface area (Å²) >= 11 is 1.80. The van der Waals surface area contributed by atoms with Gasteiger partial charge in [-0.05, 0) is 30.9 Å². The van der Waals surface area contributed by atoms with E-state index >= 15 is 0 Å². The topological polar surface area (TPSA) is 0 Å². The Hall–Kier alpha value is -0.300. The van der Waals surface area contributed by atoms with Crippen LogP contribution in [0.4, 0.5) is 0 Å². The average Bonchev–Trinajstić information content (AvgIpc) is 2.43. The largest absolute Gasteiger partial charge is 0.149 e. The minimum absolute atomic E-state index is 1.38. The van der Waals surface area contributed by atoms with Gasteiger partial charge in [0.25, 0.3) is 0 Å². The normalized spacial score (nSPS) is 7.09. The number of rotatable bonds is 0. The van der Waals surface area contributed by atoms with Crippen molar-refractivity contribution in [2.75, 3.05) is 0 Å². The first-order chi connectivity index (χ1) is 5.29. The van der Waals surface area contributed by atoms with E-state index in [1.807, 2.05) is 27.7 Å². The molecule has 0 fully saturated rings. The standard InChI is InChI=1S/C6H8S.2C2H6/c1-5-3-6(2)7-4-5;2*1-2/h3-4H,1-2H3;2*1-2H3. The van der Waals surface area contributed by atoms with E-state index in [0.29, 0.717) is 0 Å². The minimum atomic E-state index is 1.38. The molecule has 0 saturated heterocycles. The van der Waals surface area contributed by atoms with Gasteiger partial charge in [-0.25, -0.2) is 0 Å². The van der Waals surface area contributed by atoms with Crippen molar-refractivity contribution in [3.63, 3.8) is 0 Å². The van der Waals surface area contributed by atoms with E-state index in [1.165, 1.54) is 10.4 Å². The van der Waals surface area contributed by atoms with Gasteiger partial charge in [0.05, 0.1) is 0 Å². The third-order valence-corrected chi connectivity index (χ3v) is 1.84. The van der Waals surface area contributed by atoms with Gasteiger partial charge in [0.1, 0.15) is 0 Å². The highest BCUT2D eigenvalue weighted by Gasteiger charge is 1.84. The van der Waals surface area contributed by atoms with E-state index in [1.54, 1.807) is 11.3 Å². The lowest BCUT2D eigenvalue weighted by Crippen LogP contribution is -1.53. The molecule has 0 N–H and O–H groups in total. The Bertz CT molecular complexity index is 137. The lowest BCUT2D eigenvalue weighted by Gasteiger charge is -1.70. The van der Waals surface area contributed by atoms with Crippen LogP contribution in [0.15, 0.2) is 11.4 Å². The monoisotopic (exact) mass is 172 g/mol. The van der Waals surface area contributed by atoms with Crippen molar-refractivity contribution >= 4 is 11.3 Å². The van der Waals surface area contributed by atoms with Gasteiger partial charge in [-0.1, -0.05) is 27.7 Å². The highest BCUT2D eigenvalue weighted by molar-refractivity contribution is 7.10. The molecule has 0 amide bonds. The smallest absolute Gasteiger partial charge is 0.00169 e. The lowest BCUT2D eigenvalue weighted by molar-refractivity contribution is 1.50. The molecule has 0 aliphatic rings. The highest BCUT2D eigenvalue weighted by atomic mass is 32.1. The molecule has 0 saturated carbocycles. The van der Waals surface area contributed by atoms with Crippen LogP contribution in [-0.2, 0) is 0 Å². The summed E-state index contributed by atoms with van der Waals surface area (Å²) in [5.41, 5.74) is 1.38. The molecule has 1 heterocycles. The SMILES string of the molecule is CC.CC.Cc1csc(C)c1. The van der Waals surface area contributed by atoms with Gasteiger partial charge in [-0.15, -0.1) is 11.3 Å². The zero-order chi connectivity index (χ0) is 9.28. The number of hydrogen-bond acceptors (Lipinski definition) is 1. The summed E-state index contributed by atoms with van der Waals surface area (Å²) in [5.74, 6) is 0. The summed E-state index contributed by atoms with van der Waals surface area (Å²) < 4.78 is 0. The quantitative estimate of drug-likeness (QED) is 0.543. The lowest BCUT2D eigenvalue weighted by atomic mass is 10.4. The Morgan fingerprint density at radius 2 is 1.45 bits per heavy atom. The van der Waals surface area contributed by atoms with E-state index in [4.69, 9.17) is 0 Å². The number of thiophene rings is 1. The van der Waals surface area contributed by atoms with Gasteiger partial charge in [0.2, 0.25) is 0 Å². The van der Waals surface area contributed by atoms with Gasteiger partial charge in [0, 0.05) is 4.88 Å². The fraction of sp³-hybridized carbons (Fsp3) is 0.600. The molecular weight excluding hydrogens is 152 g/mol. The molecule has 0 aromatic carbocycles. The molecule has 1 aromatic heterocycles. The van der Waals surface area contributed by atoms with Crippen LogP contribution in [0.3, 0.4) is 0 Å². The van der Waals surface area contributed by atoms with Crippen LogP contribution in [-0.4, -0.2) is 0 Å². The Balaban J connectivity index is 0. The van der Waals surface area contributed by atoms with Crippen LogP contribution in [0.1, 0.15) is 38.1 Å². The fourth-order valence-electron chi connectivity index (χ4n) is 0.575. The minimum Gasteiger partial charge on any atom is -0.149 e. The second-order valence-corrected chi connectivity index (χ2v) is 2.85. The predicted octanol–water partition coefficient (Wildman–Crippen LogP) is 4.42. The van der Waals surface area contributed by atoms with E-state index in [-0.39, 0.29) is 0 Å². The molecule has 0 spiro atoms. The molecule has 11 heavy (non-hydrogen) atoms. The highest BCUT2D eigenvalue weighted by Crippen LogP contribution is 2.10. The average molecular weight is 172 g/mol. The number of aryl methyl sites for hydroxylation is 2. The van der Waals surface area contributed by atoms with Crippen LogP contribution >= 0.6 is 11.3 Å². The van der Waals surface area contributed by atoms with E-state index in [0.717, 1.165) is 0 Å². The molecule has 66 valence electrons. The predicted molar refractivity (Wildman–Crippen MR) is 56.5 cm³/mol. The van der Waals surface area contributed by atoms with Crippen LogP contribution < -0.4 is 0 Å². The van der Waals surface area contributed by atoms with Crippen LogP contribution in [0.25, 0.3) is 0 Å². The summed E-state index contributed by atoms with van der Waals surface area (Å²) in [5, 5.41) is 2.16. The third kappa shape index (κ3) is 7.60. The maximum atomic E-state index is 2.19. The maximum absolute atomic E-state index is 2.19. The van der Waals surface area contributed by atoms with E-state index in [9.17, 15) is 0 Å². The Labute approximate surface area is 75.3 Å². The Kier molecular flexibility index (Phi) is 11.7. The van der Waals surface area contributed by atoms with Crippen molar-refractivity contribution < 1.29 is 0 Å². The molecule has 0 aliphatic carbocycles. The van der Waals surface area contributed by atoms with Crippen LogP contribution in [0, 0.1) is 13.8 Å². The first kappa shape index (κ1) is 13.3. The van der Waals surface area contributed by atoms with Crippen LogP contribution in [0.5, 0.6) is 0 Å². The molecule has 0 unspecified atom stereocenters. The van der Waals surface area contributed by atoms with Crippen LogP contribution in [0.2, 0.25) is 0 Å². The molecule has 1 rings (SSSR count). The molecule has 0 radical (unpaired) electrons. The Morgan fingerprint density at radius 1 is 1.00 bits per heavy atom. The second-order valence-electron chi connectivity index (χ2n) is 1.73. The van der Waals surface area contributed by atoms with Gasteiger partial charge in [-0.3, -0.25) is 0 Å². The molecule has 0 nitrogen and oxygen atoms in total. The number of hydrogen-bond donors (Lipinski definition) is 0. The van der Waals surface area contributed by atoms with E-state index in [2.05, 4.69) is 25.3 Å². The zero-order valence-corrected chi connectivity index (χ0v) is 9.38.